The maximum Gasteiger partial charge on any atom is 0.268 e. The Labute approximate surface area is 131 Å². The minimum Gasteiger partial charge on any atom is -0.376 e. The fourth-order valence-electron chi connectivity index (χ4n) is 3.12. The van der Waals surface area contributed by atoms with E-state index in [9.17, 15) is 4.79 Å². The molecular formula is C16H17N3O2S. The Hall–Kier alpha value is -1.79. The van der Waals surface area contributed by atoms with Gasteiger partial charge in [-0.1, -0.05) is 13.3 Å². The number of aryl methyl sites for hydroxylation is 1. The first-order valence-electron chi connectivity index (χ1n) is 7.68. The molecule has 0 saturated heterocycles. The lowest BCUT2D eigenvalue weighted by molar-refractivity contribution is 0.110. The standard InChI is InChI=1S/C16H17N3O2S/c1-2-3-4-11-10-7-21-6-5-9(10)12-13-14(22-16(12)19-11)15(20)18-8-17-13/h8H,2-7H2,1H3,(H,17,18,20). The number of fused-ring (bicyclic) bond motifs is 5. The zero-order valence-electron chi connectivity index (χ0n) is 12.4. The van der Waals surface area contributed by atoms with Gasteiger partial charge in [0.05, 0.1) is 25.1 Å². The molecule has 3 aromatic rings. The highest BCUT2D eigenvalue weighted by Gasteiger charge is 2.22. The summed E-state index contributed by atoms with van der Waals surface area (Å²) in [6.07, 6.45) is 5.58. The van der Waals surface area contributed by atoms with E-state index >= 15 is 0 Å². The molecule has 114 valence electrons. The maximum absolute atomic E-state index is 12.0. The number of hydrogen-bond acceptors (Lipinski definition) is 5. The van der Waals surface area contributed by atoms with Gasteiger partial charge in [0.2, 0.25) is 0 Å². The van der Waals surface area contributed by atoms with E-state index in [1.807, 2.05) is 0 Å². The number of rotatable bonds is 3. The van der Waals surface area contributed by atoms with Gasteiger partial charge in [0, 0.05) is 16.6 Å². The van der Waals surface area contributed by atoms with Crippen molar-refractivity contribution in [3.05, 3.63) is 33.5 Å². The molecule has 1 N–H and O–H groups in total. The van der Waals surface area contributed by atoms with E-state index in [1.165, 1.54) is 28.8 Å². The zero-order valence-corrected chi connectivity index (χ0v) is 13.3. The highest BCUT2D eigenvalue weighted by molar-refractivity contribution is 7.25. The van der Waals surface area contributed by atoms with Crippen LogP contribution in [0.3, 0.4) is 0 Å². The number of thiophene rings is 1. The third-order valence-corrected chi connectivity index (χ3v) is 5.29. The smallest absolute Gasteiger partial charge is 0.268 e. The van der Waals surface area contributed by atoms with Crippen LogP contribution in [0.5, 0.6) is 0 Å². The molecule has 0 aromatic carbocycles. The highest BCUT2D eigenvalue weighted by atomic mass is 32.1. The van der Waals surface area contributed by atoms with Crippen molar-refractivity contribution in [2.24, 2.45) is 0 Å². The number of H-pyrrole nitrogens is 1. The molecule has 0 fully saturated rings. The lowest BCUT2D eigenvalue weighted by Crippen LogP contribution is -2.14. The minimum absolute atomic E-state index is 0.0797. The fourth-order valence-corrected chi connectivity index (χ4v) is 4.19. The van der Waals surface area contributed by atoms with Crippen molar-refractivity contribution in [1.29, 1.82) is 0 Å². The maximum atomic E-state index is 12.0. The molecule has 0 spiro atoms. The molecule has 0 saturated carbocycles. The first kappa shape index (κ1) is 13.8. The van der Waals surface area contributed by atoms with Crippen LogP contribution in [-0.4, -0.2) is 21.6 Å². The molecule has 22 heavy (non-hydrogen) atoms. The second kappa shape index (κ2) is 5.44. The summed E-state index contributed by atoms with van der Waals surface area (Å²) in [6, 6.07) is 0. The first-order valence-corrected chi connectivity index (χ1v) is 8.49. The fraction of sp³-hybridized carbons (Fsp3) is 0.438. The van der Waals surface area contributed by atoms with Crippen molar-refractivity contribution >= 4 is 31.8 Å². The van der Waals surface area contributed by atoms with E-state index in [4.69, 9.17) is 9.72 Å². The Bertz CT molecular complexity index is 913. The van der Waals surface area contributed by atoms with Gasteiger partial charge in [-0.05, 0) is 24.8 Å². The van der Waals surface area contributed by atoms with Crippen molar-refractivity contribution in [2.75, 3.05) is 6.61 Å². The first-order chi connectivity index (χ1) is 10.8. The Morgan fingerprint density at radius 2 is 2.32 bits per heavy atom. The van der Waals surface area contributed by atoms with Gasteiger partial charge in [0.1, 0.15) is 9.53 Å². The van der Waals surface area contributed by atoms with Crippen LogP contribution < -0.4 is 5.56 Å². The topological polar surface area (TPSA) is 67.9 Å². The minimum atomic E-state index is -0.0797. The average Bonchev–Trinajstić information content (AvgIpc) is 2.93. The highest BCUT2D eigenvalue weighted by Crippen LogP contribution is 2.36. The molecule has 0 bridgehead atoms. The van der Waals surface area contributed by atoms with Gasteiger partial charge < -0.3 is 9.72 Å². The summed E-state index contributed by atoms with van der Waals surface area (Å²) in [4.78, 5) is 24.9. The molecular weight excluding hydrogens is 298 g/mol. The van der Waals surface area contributed by atoms with Crippen LogP contribution in [-0.2, 0) is 24.2 Å². The van der Waals surface area contributed by atoms with Crippen molar-refractivity contribution in [3.63, 3.8) is 0 Å². The molecule has 0 atom stereocenters. The number of unbranched alkanes of at least 4 members (excludes halogenated alkanes) is 1. The lowest BCUT2D eigenvalue weighted by Gasteiger charge is -2.20. The Morgan fingerprint density at radius 1 is 1.41 bits per heavy atom. The van der Waals surface area contributed by atoms with Gasteiger partial charge in [-0.3, -0.25) is 4.79 Å². The lowest BCUT2D eigenvalue weighted by atomic mass is 9.96. The SMILES string of the molecule is CCCCc1nc2sc3c(=O)[nH]cnc3c2c2c1COCC2. The van der Waals surface area contributed by atoms with Crippen molar-refractivity contribution < 1.29 is 4.74 Å². The molecule has 0 unspecified atom stereocenters. The number of hydrogen-bond donors (Lipinski definition) is 1. The number of nitrogens with one attached hydrogen (secondary N) is 1. The summed E-state index contributed by atoms with van der Waals surface area (Å²) >= 11 is 1.45. The van der Waals surface area contributed by atoms with Gasteiger partial charge in [-0.25, -0.2) is 9.97 Å². The van der Waals surface area contributed by atoms with Crippen LogP contribution in [0.15, 0.2) is 11.1 Å². The summed E-state index contributed by atoms with van der Waals surface area (Å²) in [6.45, 7) is 3.53. The largest absolute Gasteiger partial charge is 0.376 e. The number of aromatic amines is 1. The molecule has 3 aromatic heterocycles. The van der Waals surface area contributed by atoms with Crippen molar-refractivity contribution in [3.8, 4) is 0 Å². The van der Waals surface area contributed by atoms with E-state index in [2.05, 4.69) is 16.9 Å². The third-order valence-electron chi connectivity index (χ3n) is 4.22. The van der Waals surface area contributed by atoms with Gasteiger partial charge in [-0.2, -0.15) is 0 Å². The van der Waals surface area contributed by atoms with Crippen molar-refractivity contribution in [1.82, 2.24) is 15.0 Å². The normalized spacial score (nSPS) is 14.6. The monoisotopic (exact) mass is 315 g/mol. The Balaban J connectivity index is 2.06. The molecule has 6 heteroatoms. The number of ether oxygens (including phenoxy) is 1. The van der Waals surface area contributed by atoms with Crippen LogP contribution in [0.2, 0.25) is 0 Å². The van der Waals surface area contributed by atoms with Crippen LogP contribution in [0, 0.1) is 0 Å². The van der Waals surface area contributed by atoms with Gasteiger partial charge in [-0.15, -0.1) is 11.3 Å². The molecule has 4 heterocycles. The Morgan fingerprint density at radius 3 is 3.18 bits per heavy atom. The summed E-state index contributed by atoms with van der Waals surface area (Å²) in [5.41, 5.74) is 4.34. The third kappa shape index (κ3) is 2.06. The van der Waals surface area contributed by atoms with E-state index in [0.29, 0.717) is 11.3 Å². The van der Waals surface area contributed by atoms with E-state index < -0.39 is 0 Å². The molecule has 1 aliphatic rings. The van der Waals surface area contributed by atoms with Crippen molar-refractivity contribution in [2.45, 2.75) is 39.2 Å². The molecule has 1 aliphatic heterocycles. The second-order valence-corrected chi connectivity index (χ2v) is 6.61. The Kier molecular flexibility index (Phi) is 3.43. The summed E-state index contributed by atoms with van der Waals surface area (Å²) < 4.78 is 6.33. The quantitative estimate of drug-likeness (QED) is 0.807. The average molecular weight is 315 g/mol. The summed E-state index contributed by atoms with van der Waals surface area (Å²) in [5.74, 6) is 0. The zero-order chi connectivity index (χ0) is 15.1. The summed E-state index contributed by atoms with van der Waals surface area (Å²) in [7, 11) is 0. The number of aromatic nitrogens is 3. The number of pyridine rings is 1. The van der Waals surface area contributed by atoms with Crippen LogP contribution >= 0.6 is 11.3 Å². The van der Waals surface area contributed by atoms with Gasteiger partial charge in [0.15, 0.2) is 0 Å². The molecule has 0 aliphatic carbocycles. The van der Waals surface area contributed by atoms with Crippen LogP contribution in [0.4, 0.5) is 0 Å². The predicted octanol–water partition coefficient (Wildman–Crippen LogP) is 2.95. The molecule has 0 amide bonds. The van der Waals surface area contributed by atoms with Crippen LogP contribution in [0.25, 0.3) is 20.4 Å². The molecule has 5 nitrogen and oxygen atoms in total. The van der Waals surface area contributed by atoms with Gasteiger partial charge in [0.25, 0.3) is 5.56 Å². The molecule has 4 rings (SSSR count). The van der Waals surface area contributed by atoms with E-state index in [1.54, 1.807) is 0 Å². The van der Waals surface area contributed by atoms with E-state index in [0.717, 1.165) is 53.7 Å². The number of nitrogens with zero attached hydrogens (tertiary/aromatic N) is 2. The second-order valence-electron chi connectivity index (χ2n) is 5.61. The summed E-state index contributed by atoms with van der Waals surface area (Å²) in [5, 5.41) is 1.06. The predicted molar refractivity (Wildman–Crippen MR) is 87.5 cm³/mol. The van der Waals surface area contributed by atoms with Gasteiger partial charge >= 0.3 is 0 Å². The van der Waals surface area contributed by atoms with E-state index in [-0.39, 0.29) is 5.56 Å². The molecule has 0 radical (unpaired) electrons. The van der Waals surface area contributed by atoms with Crippen LogP contribution in [0.1, 0.15) is 36.6 Å².